The van der Waals surface area contributed by atoms with E-state index in [1.54, 1.807) is 6.26 Å². The van der Waals surface area contributed by atoms with Crippen molar-refractivity contribution in [3.63, 3.8) is 0 Å². The van der Waals surface area contributed by atoms with Gasteiger partial charge in [-0.05, 0) is 25.0 Å². The topological polar surface area (TPSA) is 9.23 Å². The molecule has 0 saturated heterocycles. The molecule has 1 aliphatic rings. The maximum atomic E-state index is 5.16. The zero-order chi connectivity index (χ0) is 6.53. The Morgan fingerprint density at radius 3 is 3.11 bits per heavy atom. The Balaban J connectivity index is 2.32. The predicted octanol–water partition coefficient (Wildman–Crippen LogP) is 2.42. The van der Waals surface area contributed by atoms with Gasteiger partial charge in [0.05, 0.1) is 12.0 Å². The van der Waals surface area contributed by atoms with E-state index >= 15 is 0 Å². The van der Waals surface area contributed by atoms with Crippen LogP contribution in [0, 0.1) is 6.92 Å². The van der Waals surface area contributed by atoms with Crippen LogP contribution in [0.2, 0.25) is 0 Å². The van der Waals surface area contributed by atoms with E-state index in [9.17, 15) is 0 Å². The number of allylic oxidation sites excluding steroid dienone is 3. The van der Waals surface area contributed by atoms with Crippen LogP contribution < -0.4 is 0 Å². The van der Waals surface area contributed by atoms with E-state index in [2.05, 4.69) is 13.0 Å². The third-order valence-electron chi connectivity index (χ3n) is 1.22. The molecule has 0 aromatic heterocycles. The van der Waals surface area contributed by atoms with Gasteiger partial charge in [-0.3, -0.25) is 0 Å². The first-order valence-corrected chi connectivity index (χ1v) is 3.23. The summed E-state index contributed by atoms with van der Waals surface area (Å²) >= 11 is 0. The fourth-order valence-electron chi connectivity index (χ4n) is 0.774. The first-order chi connectivity index (χ1) is 4.43. The largest absolute Gasteiger partial charge is 0.470 e. The molecular formula is C8H11O. The van der Waals surface area contributed by atoms with Gasteiger partial charge in [0.25, 0.3) is 0 Å². The summed E-state index contributed by atoms with van der Waals surface area (Å²) in [6.07, 6.45) is 8.71. The van der Waals surface area contributed by atoms with Crippen LogP contribution in [0.15, 0.2) is 24.2 Å². The molecule has 1 radical (unpaired) electrons. The van der Waals surface area contributed by atoms with E-state index in [4.69, 9.17) is 4.74 Å². The second-order valence-electron chi connectivity index (χ2n) is 2.00. The van der Waals surface area contributed by atoms with Gasteiger partial charge >= 0.3 is 0 Å². The van der Waals surface area contributed by atoms with Crippen molar-refractivity contribution >= 4 is 0 Å². The smallest absolute Gasteiger partial charge is 0.0995 e. The highest BCUT2D eigenvalue weighted by molar-refractivity contribution is 5.03. The van der Waals surface area contributed by atoms with Gasteiger partial charge in [0.2, 0.25) is 0 Å². The summed E-state index contributed by atoms with van der Waals surface area (Å²) in [6, 6.07) is 0. The second kappa shape index (κ2) is 3.33. The summed E-state index contributed by atoms with van der Waals surface area (Å²) in [5.41, 5.74) is 0. The Kier molecular flexibility index (Phi) is 2.37. The van der Waals surface area contributed by atoms with Crippen molar-refractivity contribution in [2.45, 2.75) is 19.3 Å². The molecule has 0 aliphatic carbocycles. The number of hydrogen-bond donors (Lipinski definition) is 0. The Bertz CT molecular complexity index is 134. The maximum Gasteiger partial charge on any atom is 0.0995 e. The lowest BCUT2D eigenvalue weighted by atomic mass is 10.2. The van der Waals surface area contributed by atoms with Gasteiger partial charge in [-0.1, -0.05) is 6.92 Å². The van der Waals surface area contributed by atoms with Crippen molar-refractivity contribution in [1.29, 1.82) is 0 Å². The fraction of sp³-hybridized carbons (Fsp3) is 0.375. The van der Waals surface area contributed by atoms with Gasteiger partial charge in [0.1, 0.15) is 0 Å². The van der Waals surface area contributed by atoms with Gasteiger partial charge in [-0.25, -0.2) is 0 Å². The van der Waals surface area contributed by atoms with Crippen LogP contribution in [-0.2, 0) is 4.74 Å². The van der Waals surface area contributed by atoms with Gasteiger partial charge < -0.3 is 4.74 Å². The van der Waals surface area contributed by atoms with E-state index in [1.807, 2.05) is 6.08 Å². The third kappa shape index (κ3) is 1.92. The van der Waals surface area contributed by atoms with Gasteiger partial charge in [0.15, 0.2) is 0 Å². The average Bonchev–Trinajstić information content (AvgIpc) is 1.91. The number of ether oxygens (including phenoxy) is 1. The van der Waals surface area contributed by atoms with Crippen LogP contribution in [0.25, 0.3) is 0 Å². The minimum atomic E-state index is 0.916. The van der Waals surface area contributed by atoms with E-state index < -0.39 is 0 Å². The molecule has 0 unspecified atom stereocenters. The first kappa shape index (κ1) is 6.40. The van der Waals surface area contributed by atoms with Gasteiger partial charge in [-0.2, -0.15) is 0 Å². The average molecular weight is 123 g/mol. The Morgan fingerprint density at radius 2 is 2.56 bits per heavy atom. The molecule has 1 aliphatic heterocycles. The lowest BCUT2D eigenvalue weighted by Gasteiger charge is -2.07. The molecule has 0 bridgehead atoms. The zero-order valence-electron chi connectivity index (χ0n) is 5.47. The van der Waals surface area contributed by atoms with Crippen LogP contribution in [0.1, 0.15) is 19.3 Å². The molecule has 0 aromatic carbocycles. The normalized spacial score (nSPS) is 16.8. The lowest BCUT2D eigenvalue weighted by molar-refractivity contribution is 0.325. The van der Waals surface area contributed by atoms with Gasteiger partial charge in [-0.15, -0.1) is 0 Å². The van der Waals surface area contributed by atoms with E-state index in [0.29, 0.717) is 0 Å². The summed E-state index contributed by atoms with van der Waals surface area (Å²) in [6.45, 7) is 3.73. The van der Waals surface area contributed by atoms with Crippen molar-refractivity contribution in [2.24, 2.45) is 0 Å². The van der Waals surface area contributed by atoms with Crippen LogP contribution in [-0.4, -0.2) is 0 Å². The summed E-state index contributed by atoms with van der Waals surface area (Å²) in [5, 5.41) is 0. The summed E-state index contributed by atoms with van der Waals surface area (Å²) in [7, 11) is 0. The van der Waals surface area contributed by atoms with E-state index in [0.717, 1.165) is 25.0 Å². The molecule has 1 nitrogen and oxygen atoms in total. The van der Waals surface area contributed by atoms with Crippen LogP contribution >= 0.6 is 0 Å². The highest BCUT2D eigenvalue weighted by atomic mass is 16.5. The molecule has 0 fully saturated rings. The molecule has 0 spiro atoms. The second-order valence-corrected chi connectivity index (χ2v) is 2.00. The molecule has 0 aromatic rings. The Morgan fingerprint density at radius 1 is 1.67 bits per heavy atom. The molecule has 1 heterocycles. The summed E-state index contributed by atoms with van der Waals surface area (Å²) in [5.74, 6) is 1.06. The Hall–Kier alpha value is -0.720. The number of rotatable bonds is 2. The van der Waals surface area contributed by atoms with Crippen molar-refractivity contribution in [2.75, 3.05) is 0 Å². The summed E-state index contributed by atoms with van der Waals surface area (Å²) in [4.78, 5) is 0. The van der Waals surface area contributed by atoms with Crippen LogP contribution in [0.4, 0.5) is 0 Å². The summed E-state index contributed by atoms with van der Waals surface area (Å²) < 4.78 is 5.16. The van der Waals surface area contributed by atoms with Crippen molar-refractivity contribution < 1.29 is 4.74 Å². The lowest BCUT2D eigenvalue weighted by Crippen LogP contribution is -1.88. The third-order valence-corrected chi connectivity index (χ3v) is 1.22. The molecule has 9 heavy (non-hydrogen) atoms. The van der Waals surface area contributed by atoms with Crippen molar-refractivity contribution in [3.05, 3.63) is 31.1 Å². The predicted molar refractivity (Wildman–Crippen MR) is 37.5 cm³/mol. The number of hydrogen-bond acceptors (Lipinski definition) is 1. The van der Waals surface area contributed by atoms with Crippen molar-refractivity contribution in [3.8, 4) is 0 Å². The minimum absolute atomic E-state index is 0.916. The SMILES string of the molecule is [CH2]CCC1=CCC=CO1. The molecular weight excluding hydrogens is 112 g/mol. The Labute approximate surface area is 56.0 Å². The minimum Gasteiger partial charge on any atom is -0.470 e. The molecule has 0 atom stereocenters. The first-order valence-electron chi connectivity index (χ1n) is 3.23. The molecule has 0 N–H and O–H groups in total. The monoisotopic (exact) mass is 123 g/mol. The van der Waals surface area contributed by atoms with Crippen LogP contribution in [0.3, 0.4) is 0 Å². The highest BCUT2D eigenvalue weighted by Gasteiger charge is 1.96. The molecule has 1 rings (SSSR count). The standard InChI is InChI=1S/C8H11O/c1-2-5-8-6-3-4-7-9-8/h4,6-7H,1-3,5H2. The fourth-order valence-corrected chi connectivity index (χ4v) is 0.774. The highest BCUT2D eigenvalue weighted by Crippen LogP contribution is 2.12. The maximum absolute atomic E-state index is 5.16. The van der Waals surface area contributed by atoms with Gasteiger partial charge in [0, 0.05) is 6.42 Å². The molecule has 1 heteroatoms. The van der Waals surface area contributed by atoms with E-state index in [-0.39, 0.29) is 0 Å². The van der Waals surface area contributed by atoms with Crippen LogP contribution in [0.5, 0.6) is 0 Å². The molecule has 0 saturated carbocycles. The van der Waals surface area contributed by atoms with Crippen molar-refractivity contribution in [1.82, 2.24) is 0 Å². The molecule has 49 valence electrons. The zero-order valence-corrected chi connectivity index (χ0v) is 5.47. The van der Waals surface area contributed by atoms with E-state index in [1.165, 1.54) is 0 Å². The molecule has 0 amide bonds. The quantitative estimate of drug-likeness (QED) is 0.548.